The fourth-order valence-electron chi connectivity index (χ4n) is 2.70. The van der Waals surface area contributed by atoms with Crippen LogP contribution in [0.5, 0.6) is 0 Å². The molecule has 104 valence electrons. The maximum Gasteiger partial charge on any atom is 0.0952 e. The number of aromatic nitrogens is 1. The topological polar surface area (TPSA) is 34.1 Å². The monoisotopic (exact) mass is 268 g/mol. The molecule has 20 heavy (non-hydrogen) atoms. The number of pyridine rings is 1. The zero-order valence-corrected chi connectivity index (χ0v) is 11.8. The summed E-state index contributed by atoms with van der Waals surface area (Å²) in [6.45, 7) is 3.82. The van der Waals surface area contributed by atoms with Gasteiger partial charge in [0.05, 0.1) is 12.7 Å². The Morgan fingerprint density at radius 2 is 2.05 bits per heavy atom. The van der Waals surface area contributed by atoms with Crippen molar-refractivity contribution in [2.75, 3.05) is 13.2 Å². The maximum absolute atomic E-state index is 5.92. The Hall–Kier alpha value is -1.71. The summed E-state index contributed by atoms with van der Waals surface area (Å²) in [5, 5.41) is 3.56. The van der Waals surface area contributed by atoms with Crippen LogP contribution in [0.25, 0.3) is 0 Å². The van der Waals surface area contributed by atoms with Crippen LogP contribution in [0.15, 0.2) is 48.8 Å². The minimum Gasteiger partial charge on any atom is -0.372 e. The van der Waals surface area contributed by atoms with Crippen LogP contribution in [0.1, 0.15) is 35.8 Å². The van der Waals surface area contributed by atoms with Crippen molar-refractivity contribution >= 4 is 0 Å². The van der Waals surface area contributed by atoms with E-state index in [1.165, 1.54) is 16.7 Å². The Balaban J connectivity index is 1.65. The van der Waals surface area contributed by atoms with Gasteiger partial charge in [0.2, 0.25) is 0 Å². The maximum atomic E-state index is 5.92. The zero-order valence-electron chi connectivity index (χ0n) is 11.8. The molecule has 2 unspecified atom stereocenters. The van der Waals surface area contributed by atoms with E-state index < -0.39 is 0 Å². The van der Waals surface area contributed by atoms with Gasteiger partial charge in [-0.05, 0) is 42.2 Å². The fraction of sp³-hybridized carbons (Fsp3) is 0.353. The number of ether oxygens (including phenoxy) is 1. The molecule has 3 nitrogen and oxygen atoms in total. The highest BCUT2D eigenvalue weighted by Crippen LogP contribution is 2.26. The molecule has 3 rings (SSSR count). The summed E-state index contributed by atoms with van der Waals surface area (Å²) in [6.07, 6.45) is 4.84. The highest BCUT2D eigenvalue weighted by atomic mass is 16.5. The van der Waals surface area contributed by atoms with E-state index in [2.05, 4.69) is 41.5 Å². The third-order valence-corrected chi connectivity index (χ3v) is 3.91. The van der Waals surface area contributed by atoms with E-state index in [1.807, 2.05) is 24.5 Å². The summed E-state index contributed by atoms with van der Waals surface area (Å²) in [5.74, 6) is 0. The summed E-state index contributed by atoms with van der Waals surface area (Å²) in [7, 11) is 0. The molecule has 0 radical (unpaired) electrons. The van der Waals surface area contributed by atoms with Gasteiger partial charge in [0.1, 0.15) is 0 Å². The van der Waals surface area contributed by atoms with Crippen LogP contribution >= 0.6 is 0 Å². The van der Waals surface area contributed by atoms with Crippen molar-refractivity contribution in [3.63, 3.8) is 0 Å². The number of fused-ring (bicyclic) bond motifs is 1. The summed E-state index contributed by atoms with van der Waals surface area (Å²) in [4.78, 5) is 4.06. The average Bonchev–Trinajstić information content (AvgIpc) is 2.53. The Kier molecular flexibility index (Phi) is 4.09. The van der Waals surface area contributed by atoms with Gasteiger partial charge in [-0.25, -0.2) is 0 Å². The largest absolute Gasteiger partial charge is 0.372 e. The molecule has 1 aromatic heterocycles. The molecular weight excluding hydrogens is 248 g/mol. The van der Waals surface area contributed by atoms with Crippen LogP contribution in [0.2, 0.25) is 0 Å². The normalized spacial score (nSPS) is 19.4. The number of nitrogens with one attached hydrogen (secondary N) is 1. The van der Waals surface area contributed by atoms with Gasteiger partial charge in [0.15, 0.2) is 0 Å². The lowest BCUT2D eigenvalue weighted by atomic mass is 9.97. The van der Waals surface area contributed by atoms with E-state index in [-0.39, 0.29) is 6.10 Å². The van der Waals surface area contributed by atoms with Crippen molar-refractivity contribution < 1.29 is 4.74 Å². The highest BCUT2D eigenvalue weighted by molar-refractivity contribution is 5.31. The Bertz CT molecular complexity index is 556. The molecule has 0 saturated carbocycles. The molecule has 0 bridgehead atoms. The molecule has 1 aliphatic rings. The average molecular weight is 268 g/mol. The van der Waals surface area contributed by atoms with Crippen molar-refractivity contribution in [2.24, 2.45) is 0 Å². The SMILES string of the molecule is CC(NCC1OCCc2ccccc21)c1ccncc1. The van der Waals surface area contributed by atoms with Crippen molar-refractivity contribution in [2.45, 2.75) is 25.5 Å². The predicted octanol–water partition coefficient (Wildman–Crippen LogP) is 3.05. The minimum atomic E-state index is 0.157. The van der Waals surface area contributed by atoms with Gasteiger partial charge in [0.25, 0.3) is 0 Å². The van der Waals surface area contributed by atoms with Crippen LogP contribution in [0.4, 0.5) is 0 Å². The summed E-state index contributed by atoms with van der Waals surface area (Å²) >= 11 is 0. The molecule has 0 aliphatic carbocycles. The smallest absolute Gasteiger partial charge is 0.0952 e. The highest BCUT2D eigenvalue weighted by Gasteiger charge is 2.20. The first-order chi connectivity index (χ1) is 9.84. The molecule has 0 saturated heterocycles. The summed E-state index contributed by atoms with van der Waals surface area (Å²) < 4.78 is 5.92. The number of rotatable bonds is 4. The molecule has 2 heterocycles. The van der Waals surface area contributed by atoms with Gasteiger partial charge in [-0.3, -0.25) is 4.98 Å². The first-order valence-electron chi connectivity index (χ1n) is 7.17. The van der Waals surface area contributed by atoms with Gasteiger partial charge in [-0.15, -0.1) is 0 Å². The fourth-order valence-corrected chi connectivity index (χ4v) is 2.70. The lowest BCUT2D eigenvalue weighted by Crippen LogP contribution is -2.29. The van der Waals surface area contributed by atoms with Crippen LogP contribution in [-0.4, -0.2) is 18.1 Å². The number of hydrogen-bond donors (Lipinski definition) is 1. The van der Waals surface area contributed by atoms with E-state index >= 15 is 0 Å². The first-order valence-corrected chi connectivity index (χ1v) is 7.17. The second-order valence-electron chi connectivity index (χ2n) is 5.22. The van der Waals surface area contributed by atoms with Crippen molar-refractivity contribution in [3.8, 4) is 0 Å². The molecule has 2 atom stereocenters. The lowest BCUT2D eigenvalue weighted by molar-refractivity contribution is 0.0410. The van der Waals surface area contributed by atoms with Gasteiger partial charge in [0, 0.05) is 25.0 Å². The van der Waals surface area contributed by atoms with E-state index in [0.29, 0.717) is 6.04 Å². The molecule has 1 aliphatic heterocycles. The predicted molar refractivity (Wildman–Crippen MR) is 79.5 cm³/mol. The van der Waals surface area contributed by atoms with E-state index in [0.717, 1.165) is 19.6 Å². The Labute approximate surface area is 120 Å². The van der Waals surface area contributed by atoms with Crippen molar-refractivity contribution in [1.82, 2.24) is 10.3 Å². The number of hydrogen-bond acceptors (Lipinski definition) is 3. The quantitative estimate of drug-likeness (QED) is 0.925. The van der Waals surface area contributed by atoms with Crippen molar-refractivity contribution in [3.05, 3.63) is 65.5 Å². The standard InChI is InChI=1S/C17H20N2O/c1-13(14-6-9-18-10-7-14)19-12-17-16-5-3-2-4-15(16)8-11-20-17/h2-7,9-10,13,17,19H,8,11-12H2,1H3. The van der Waals surface area contributed by atoms with Crippen molar-refractivity contribution in [1.29, 1.82) is 0 Å². The van der Waals surface area contributed by atoms with E-state index in [4.69, 9.17) is 4.74 Å². The van der Waals surface area contributed by atoms with Crippen LogP contribution in [0, 0.1) is 0 Å². The third-order valence-electron chi connectivity index (χ3n) is 3.91. The molecule has 2 aromatic rings. The molecule has 1 aromatic carbocycles. The van der Waals surface area contributed by atoms with E-state index in [1.54, 1.807) is 0 Å². The molecule has 3 heteroatoms. The summed E-state index contributed by atoms with van der Waals surface area (Å²) in [5.41, 5.74) is 4.00. The van der Waals surface area contributed by atoms with Gasteiger partial charge < -0.3 is 10.1 Å². The first kappa shape index (κ1) is 13.3. The van der Waals surface area contributed by atoms with Crippen LogP contribution in [-0.2, 0) is 11.2 Å². The second kappa shape index (κ2) is 6.16. The molecule has 0 spiro atoms. The third kappa shape index (κ3) is 2.89. The lowest BCUT2D eigenvalue weighted by Gasteiger charge is -2.27. The second-order valence-corrected chi connectivity index (χ2v) is 5.22. The zero-order chi connectivity index (χ0) is 13.8. The van der Waals surface area contributed by atoms with Gasteiger partial charge in [-0.1, -0.05) is 24.3 Å². The van der Waals surface area contributed by atoms with Gasteiger partial charge >= 0.3 is 0 Å². The number of benzene rings is 1. The van der Waals surface area contributed by atoms with Crippen LogP contribution in [0.3, 0.4) is 0 Å². The van der Waals surface area contributed by atoms with Gasteiger partial charge in [-0.2, -0.15) is 0 Å². The molecule has 1 N–H and O–H groups in total. The molecular formula is C17H20N2O. The number of nitrogens with zero attached hydrogens (tertiary/aromatic N) is 1. The summed E-state index contributed by atoms with van der Waals surface area (Å²) in [6, 6.07) is 13.0. The molecule has 0 fully saturated rings. The minimum absolute atomic E-state index is 0.157. The Morgan fingerprint density at radius 3 is 2.90 bits per heavy atom. The Morgan fingerprint density at radius 1 is 1.25 bits per heavy atom. The van der Waals surface area contributed by atoms with Crippen LogP contribution < -0.4 is 5.32 Å². The van der Waals surface area contributed by atoms with E-state index in [9.17, 15) is 0 Å². The molecule has 0 amide bonds.